The standard InChI is InChI=1S/C13H8O3.B.U/c14-8-5-6-10-9-3-1-2-4-11(9)13(15)16-12(10)7-8;;/h1-7,14H;;. The van der Waals surface area contributed by atoms with Crippen LogP contribution in [0.3, 0.4) is 0 Å². The molecule has 3 nitrogen and oxygen atoms in total. The first-order valence-electron chi connectivity index (χ1n) is 4.90. The molecule has 0 saturated heterocycles. The summed E-state index contributed by atoms with van der Waals surface area (Å²) >= 11 is 0. The average molecular weight is 461 g/mol. The summed E-state index contributed by atoms with van der Waals surface area (Å²) in [5.41, 5.74) is 0.0254. The zero-order valence-electron chi connectivity index (χ0n) is 9.38. The summed E-state index contributed by atoms with van der Waals surface area (Å²) in [6, 6.07) is 12.0. The van der Waals surface area contributed by atoms with E-state index in [1.54, 1.807) is 24.3 Å². The molecule has 85 valence electrons. The van der Waals surface area contributed by atoms with E-state index in [0.29, 0.717) is 11.0 Å². The molecule has 0 aliphatic carbocycles. The number of hydrogen-bond acceptors (Lipinski definition) is 3. The summed E-state index contributed by atoms with van der Waals surface area (Å²) in [4.78, 5) is 11.7. The van der Waals surface area contributed by atoms with Crippen molar-refractivity contribution in [2.75, 3.05) is 0 Å². The smallest absolute Gasteiger partial charge is 0.344 e. The van der Waals surface area contributed by atoms with Gasteiger partial charge in [-0.2, -0.15) is 0 Å². The first-order chi connectivity index (χ1) is 7.75. The van der Waals surface area contributed by atoms with Crippen molar-refractivity contribution in [1.82, 2.24) is 0 Å². The molecule has 5 heteroatoms. The summed E-state index contributed by atoms with van der Waals surface area (Å²) in [7, 11) is 0. The molecule has 0 aliphatic heterocycles. The van der Waals surface area contributed by atoms with E-state index < -0.39 is 0 Å². The molecule has 3 radical (unpaired) electrons. The van der Waals surface area contributed by atoms with Gasteiger partial charge in [-0.25, -0.2) is 4.79 Å². The molecule has 0 fully saturated rings. The molecule has 0 atom stereocenters. The van der Waals surface area contributed by atoms with Gasteiger partial charge < -0.3 is 9.52 Å². The number of phenolic OH excluding ortho intramolecular Hbond substituents is 1. The van der Waals surface area contributed by atoms with Crippen LogP contribution in [0.15, 0.2) is 51.7 Å². The van der Waals surface area contributed by atoms with Crippen molar-refractivity contribution < 1.29 is 40.6 Å². The second kappa shape index (κ2) is 5.64. The van der Waals surface area contributed by atoms with Gasteiger partial charge in [0.05, 0.1) is 5.39 Å². The van der Waals surface area contributed by atoms with Crippen LogP contribution in [-0.4, -0.2) is 13.5 Å². The zero-order chi connectivity index (χ0) is 11.1. The maximum atomic E-state index is 11.7. The summed E-state index contributed by atoms with van der Waals surface area (Å²) in [6.07, 6.45) is 0. The van der Waals surface area contributed by atoms with Gasteiger partial charge in [0.1, 0.15) is 11.3 Å². The Hall–Kier alpha value is -1.17. The van der Waals surface area contributed by atoms with Crippen LogP contribution in [0.1, 0.15) is 0 Å². The molecule has 2 aromatic carbocycles. The first-order valence-corrected chi connectivity index (χ1v) is 4.90. The van der Waals surface area contributed by atoms with Crippen LogP contribution in [-0.2, 0) is 0 Å². The van der Waals surface area contributed by atoms with Crippen molar-refractivity contribution in [3.05, 3.63) is 52.9 Å². The second-order valence-corrected chi connectivity index (χ2v) is 3.62. The van der Waals surface area contributed by atoms with Crippen LogP contribution in [0.2, 0.25) is 0 Å². The molecule has 1 aromatic heterocycles. The number of benzene rings is 2. The Morgan fingerprint density at radius 3 is 2.33 bits per heavy atom. The van der Waals surface area contributed by atoms with Gasteiger partial charge >= 0.3 is 5.63 Å². The monoisotopic (exact) mass is 461 g/mol. The minimum atomic E-state index is -0.381. The third-order valence-corrected chi connectivity index (χ3v) is 2.61. The van der Waals surface area contributed by atoms with Crippen molar-refractivity contribution in [2.24, 2.45) is 0 Å². The van der Waals surface area contributed by atoms with Crippen LogP contribution >= 0.6 is 0 Å². The molecule has 0 unspecified atom stereocenters. The Balaban J connectivity index is 0.000000810. The van der Waals surface area contributed by atoms with Gasteiger partial charge in [-0.15, -0.1) is 0 Å². The van der Waals surface area contributed by atoms with E-state index in [0.717, 1.165) is 10.8 Å². The van der Waals surface area contributed by atoms with Crippen molar-refractivity contribution in [3.63, 3.8) is 0 Å². The quantitative estimate of drug-likeness (QED) is 0.318. The van der Waals surface area contributed by atoms with E-state index in [9.17, 15) is 9.90 Å². The Labute approximate surface area is 129 Å². The van der Waals surface area contributed by atoms with Gasteiger partial charge in [0.25, 0.3) is 0 Å². The fraction of sp³-hybridized carbons (Fsp3) is 0. The number of hydrogen-bond donors (Lipinski definition) is 1. The molecule has 0 saturated carbocycles. The van der Waals surface area contributed by atoms with E-state index in [1.165, 1.54) is 6.07 Å². The predicted molar refractivity (Wildman–Crippen MR) is 67.4 cm³/mol. The molecular formula is C13H8BO3U. The fourth-order valence-electron chi connectivity index (χ4n) is 1.87. The van der Waals surface area contributed by atoms with Gasteiger partial charge in [-0.1, -0.05) is 18.2 Å². The summed E-state index contributed by atoms with van der Waals surface area (Å²) in [5.74, 6) is 0.0888. The van der Waals surface area contributed by atoms with Crippen LogP contribution in [0.4, 0.5) is 0 Å². The Morgan fingerprint density at radius 1 is 0.944 bits per heavy atom. The SMILES string of the molecule is O=c1oc2cc(O)ccc2c2ccccc12.[B].[U]. The minimum absolute atomic E-state index is 0. The number of fused-ring (bicyclic) bond motifs is 3. The maximum absolute atomic E-state index is 11.7. The molecule has 1 N–H and O–H groups in total. The largest absolute Gasteiger partial charge is 0.508 e. The summed E-state index contributed by atoms with van der Waals surface area (Å²) in [5, 5.41) is 11.6. The first kappa shape index (κ1) is 14.9. The van der Waals surface area contributed by atoms with Crippen LogP contribution < -0.4 is 5.63 Å². The minimum Gasteiger partial charge on any atom is -0.508 e. The van der Waals surface area contributed by atoms with Crippen molar-refractivity contribution in [3.8, 4) is 5.75 Å². The third kappa shape index (κ3) is 2.34. The molecule has 0 spiro atoms. The Kier molecular flexibility index (Phi) is 4.67. The summed E-state index contributed by atoms with van der Waals surface area (Å²) < 4.78 is 5.14. The van der Waals surface area contributed by atoms with Gasteiger partial charge in [-0.05, 0) is 23.6 Å². The van der Waals surface area contributed by atoms with Crippen molar-refractivity contribution >= 4 is 30.2 Å². The molecule has 1 heterocycles. The van der Waals surface area contributed by atoms with Gasteiger partial charge in [0.15, 0.2) is 0 Å². The molecule has 0 amide bonds. The molecule has 18 heavy (non-hydrogen) atoms. The van der Waals surface area contributed by atoms with Crippen LogP contribution in [0.5, 0.6) is 5.75 Å². The molecule has 3 aromatic rings. The predicted octanol–water partition coefficient (Wildman–Crippen LogP) is 2.27. The zero-order valence-corrected chi connectivity index (χ0v) is 13.5. The number of aromatic hydroxyl groups is 1. The summed E-state index contributed by atoms with van der Waals surface area (Å²) in [6.45, 7) is 0. The van der Waals surface area contributed by atoms with E-state index in [-0.39, 0.29) is 50.9 Å². The Bertz CT molecular complexity index is 752. The number of rotatable bonds is 0. The van der Waals surface area contributed by atoms with E-state index in [2.05, 4.69) is 0 Å². The van der Waals surface area contributed by atoms with E-state index in [1.807, 2.05) is 12.1 Å². The topological polar surface area (TPSA) is 50.4 Å². The van der Waals surface area contributed by atoms with Crippen LogP contribution in [0, 0.1) is 31.1 Å². The number of phenols is 1. The second-order valence-electron chi connectivity index (χ2n) is 3.62. The average Bonchev–Trinajstić information content (AvgIpc) is 2.29. The van der Waals surface area contributed by atoms with Crippen molar-refractivity contribution in [2.45, 2.75) is 0 Å². The molecular weight excluding hydrogens is 453 g/mol. The molecule has 3 rings (SSSR count). The van der Waals surface area contributed by atoms with Gasteiger partial charge in [-0.3, -0.25) is 0 Å². The fourth-order valence-corrected chi connectivity index (χ4v) is 1.87. The van der Waals surface area contributed by atoms with Crippen LogP contribution in [0.25, 0.3) is 21.7 Å². The molecule has 0 bridgehead atoms. The van der Waals surface area contributed by atoms with Crippen molar-refractivity contribution in [1.29, 1.82) is 0 Å². The van der Waals surface area contributed by atoms with Gasteiger partial charge in [0, 0.05) is 51.0 Å². The van der Waals surface area contributed by atoms with E-state index in [4.69, 9.17) is 4.42 Å². The maximum Gasteiger partial charge on any atom is 0.344 e. The van der Waals surface area contributed by atoms with E-state index >= 15 is 0 Å². The van der Waals surface area contributed by atoms with Gasteiger partial charge in [0.2, 0.25) is 0 Å². The Morgan fingerprint density at radius 2 is 1.61 bits per heavy atom. The third-order valence-electron chi connectivity index (χ3n) is 2.61. The molecule has 0 aliphatic rings. The normalized spacial score (nSPS) is 9.78.